The standard InChI is InChI=1S/C19H19N5/c20-11-23-19(21)18-17(14-6-2-4-8-16(14)24-18)13-9-12-5-1-3-7-15(12)22-10-13/h1,3,5,7,9-11,24H,2,4,6,8H2,(H3,20,21,23). The number of para-hydroxylation sites is 1. The summed E-state index contributed by atoms with van der Waals surface area (Å²) in [6, 6.07) is 10.2. The number of nitrogens with zero attached hydrogens (tertiary/aromatic N) is 2. The van der Waals surface area contributed by atoms with E-state index < -0.39 is 0 Å². The number of amidine groups is 1. The molecule has 24 heavy (non-hydrogen) atoms. The molecule has 4 rings (SSSR count). The molecule has 0 unspecified atom stereocenters. The Hall–Kier alpha value is -2.95. The van der Waals surface area contributed by atoms with Crippen molar-refractivity contribution in [3.63, 3.8) is 0 Å². The van der Waals surface area contributed by atoms with Crippen LogP contribution in [0.5, 0.6) is 0 Å². The number of aromatic amines is 1. The molecule has 0 saturated heterocycles. The SMILES string of the molecule is N=C/N=C(/N)c1[nH]c2c(c1-c1cnc3ccccc3c1)CCCC2. The zero-order valence-electron chi connectivity index (χ0n) is 13.3. The van der Waals surface area contributed by atoms with Crippen LogP contribution in [0.1, 0.15) is 29.8 Å². The van der Waals surface area contributed by atoms with Crippen molar-refractivity contribution in [3.05, 3.63) is 53.5 Å². The van der Waals surface area contributed by atoms with Gasteiger partial charge in [-0.2, -0.15) is 0 Å². The predicted molar refractivity (Wildman–Crippen MR) is 97.7 cm³/mol. The number of aliphatic imine (C=N–C) groups is 1. The van der Waals surface area contributed by atoms with E-state index in [9.17, 15) is 0 Å². The molecule has 1 aromatic carbocycles. The van der Waals surface area contributed by atoms with Gasteiger partial charge in [0.15, 0.2) is 0 Å². The molecule has 5 heteroatoms. The summed E-state index contributed by atoms with van der Waals surface area (Å²) in [4.78, 5) is 12.0. The molecule has 1 aliphatic carbocycles. The molecule has 0 spiro atoms. The molecule has 3 aromatic rings. The molecule has 0 bridgehead atoms. The number of aromatic nitrogens is 2. The molecule has 0 fully saturated rings. The molecule has 1 aliphatic rings. The fourth-order valence-electron chi connectivity index (χ4n) is 3.54. The molecule has 4 N–H and O–H groups in total. The molecule has 0 saturated carbocycles. The Morgan fingerprint density at radius 3 is 2.96 bits per heavy atom. The Morgan fingerprint density at radius 1 is 1.25 bits per heavy atom. The van der Waals surface area contributed by atoms with Crippen molar-refractivity contribution in [2.75, 3.05) is 0 Å². The van der Waals surface area contributed by atoms with Gasteiger partial charge < -0.3 is 10.7 Å². The molecule has 0 amide bonds. The van der Waals surface area contributed by atoms with Gasteiger partial charge in [-0.25, -0.2) is 4.99 Å². The normalized spacial score (nSPS) is 14.6. The first-order chi connectivity index (χ1) is 11.8. The molecule has 5 nitrogen and oxygen atoms in total. The highest BCUT2D eigenvalue weighted by atomic mass is 14.9. The number of nitrogens with one attached hydrogen (secondary N) is 2. The topological polar surface area (TPSA) is 90.9 Å². The van der Waals surface area contributed by atoms with Crippen molar-refractivity contribution in [2.24, 2.45) is 10.7 Å². The van der Waals surface area contributed by atoms with E-state index in [1.54, 1.807) is 0 Å². The first kappa shape index (κ1) is 14.6. The van der Waals surface area contributed by atoms with Crippen LogP contribution in [0.25, 0.3) is 22.0 Å². The van der Waals surface area contributed by atoms with E-state index in [1.807, 2.05) is 24.4 Å². The minimum atomic E-state index is 0.350. The first-order valence-corrected chi connectivity index (χ1v) is 8.19. The second-order valence-corrected chi connectivity index (χ2v) is 6.10. The third kappa shape index (κ3) is 2.38. The van der Waals surface area contributed by atoms with E-state index >= 15 is 0 Å². The molecule has 2 aromatic heterocycles. The van der Waals surface area contributed by atoms with Gasteiger partial charge in [-0.05, 0) is 43.4 Å². The molecule has 0 atom stereocenters. The van der Waals surface area contributed by atoms with Gasteiger partial charge >= 0.3 is 0 Å². The van der Waals surface area contributed by atoms with Crippen LogP contribution >= 0.6 is 0 Å². The van der Waals surface area contributed by atoms with E-state index in [2.05, 4.69) is 27.1 Å². The van der Waals surface area contributed by atoms with Crippen LogP contribution in [0.2, 0.25) is 0 Å². The second-order valence-electron chi connectivity index (χ2n) is 6.10. The lowest BCUT2D eigenvalue weighted by Crippen LogP contribution is -2.15. The summed E-state index contributed by atoms with van der Waals surface area (Å²) in [5.74, 6) is 0.350. The summed E-state index contributed by atoms with van der Waals surface area (Å²) < 4.78 is 0. The lowest BCUT2D eigenvalue weighted by atomic mass is 9.91. The van der Waals surface area contributed by atoms with Crippen LogP contribution < -0.4 is 5.73 Å². The van der Waals surface area contributed by atoms with Crippen molar-refractivity contribution >= 4 is 23.1 Å². The number of rotatable bonds is 3. The van der Waals surface area contributed by atoms with Crippen LogP contribution in [-0.2, 0) is 12.8 Å². The number of hydrogen-bond acceptors (Lipinski definition) is 2. The van der Waals surface area contributed by atoms with Crippen molar-refractivity contribution in [3.8, 4) is 11.1 Å². The van der Waals surface area contributed by atoms with Crippen LogP contribution in [-0.4, -0.2) is 22.1 Å². The summed E-state index contributed by atoms with van der Waals surface area (Å²) in [5.41, 5.74) is 12.6. The average Bonchev–Trinajstić information content (AvgIpc) is 3.01. The highest BCUT2D eigenvalue weighted by molar-refractivity contribution is 6.06. The maximum atomic E-state index is 7.21. The van der Waals surface area contributed by atoms with Crippen LogP contribution in [0.3, 0.4) is 0 Å². The zero-order valence-corrected chi connectivity index (χ0v) is 13.3. The fourth-order valence-corrected chi connectivity index (χ4v) is 3.54. The Bertz CT molecular complexity index is 952. The highest BCUT2D eigenvalue weighted by Crippen LogP contribution is 2.35. The van der Waals surface area contributed by atoms with Gasteiger partial charge in [-0.3, -0.25) is 10.4 Å². The zero-order chi connectivity index (χ0) is 16.5. The summed E-state index contributed by atoms with van der Waals surface area (Å²) >= 11 is 0. The van der Waals surface area contributed by atoms with Gasteiger partial charge in [0.05, 0.1) is 11.2 Å². The molecule has 2 heterocycles. The predicted octanol–water partition coefficient (Wildman–Crippen LogP) is 3.42. The summed E-state index contributed by atoms with van der Waals surface area (Å²) in [5, 5.41) is 8.31. The number of pyridine rings is 1. The Kier molecular flexibility index (Phi) is 3.61. The number of nitrogens with two attached hydrogens (primary N) is 1. The van der Waals surface area contributed by atoms with E-state index in [1.165, 1.54) is 24.1 Å². The van der Waals surface area contributed by atoms with E-state index in [0.29, 0.717) is 5.84 Å². The van der Waals surface area contributed by atoms with Gasteiger partial charge in [-0.15, -0.1) is 0 Å². The minimum absolute atomic E-state index is 0.350. The van der Waals surface area contributed by atoms with Crippen molar-refractivity contribution < 1.29 is 0 Å². The monoisotopic (exact) mass is 317 g/mol. The third-order valence-corrected chi connectivity index (χ3v) is 4.63. The van der Waals surface area contributed by atoms with Crippen molar-refractivity contribution in [1.29, 1.82) is 5.41 Å². The van der Waals surface area contributed by atoms with Gasteiger partial charge in [0.25, 0.3) is 0 Å². The Morgan fingerprint density at radius 2 is 2.08 bits per heavy atom. The molecule has 0 radical (unpaired) electrons. The largest absolute Gasteiger partial charge is 0.382 e. The lowest BCUT2D eigenvalue weighted by molar-refractivity contribution is 0.677. The number of H-pyrrole nitrogens is 1. The average molecular weight is 317 g/mol. The summed E-state index contributed by atoms with van der Waals surface area (Å²) in [7, 11) is 0. The smallest absolute Gasteiger partial charge is 0.149 e. The van der Waals surface area contributed by atoms with E-state index in [0.717, 1.165) is 46.9 Å². The number of aryl methyl sites for hydroxylation is 1. The maximum absolute atomic E-state index is 7.21. The van der Waals surface area contributed by atoms with Crippen LogP contribution in [0.4, 0.5) is 0 Å². The Labute approximate surface area is 140 Å². The van der Waals surface area contributed by atoms with Gasteiger partial charge in [-0.1, -0.05) is 18.2 Å². The molecule has 0 aliphatic heterocycles. The van der Waals surface area contributed by atoms with Crippen LogP contribution in [0.15, 0.2) is 41.5 Å². The number of benzene rings is 1. The van der Waals surface area contributed by atoms with E-state index in [4.69, 9.17) is 11.1 Å². The Balaban J connectivity index is 1.96. The van der Waals surface area contributed by atoms with Gasteiger partial charge in [0, 0.05) is 28.4 Å². The lowest BCUT2D eigenvalue weighted by Gasteiger charge is -2.13. The second kappa shape index (κ2) is 5.92. The molecule has 120 valence electrons. The molecular formula is C19H19N5. The van der Waals surface area contributed by atoms with Crippen LogP contribution in [0, 0.1) is 5.41 Å². The quantitative estimate of drug-likeness (QED) is 0.510. The highest BCUT2D eigenvalue weighted by Gasteiger charge is 2.23. The van der Waals surface area contributed by atoms with Crippen molar-refractivity contribution in [1.82, 2.24) is 9.97 Å². The minimum Gasteiger partial charge on any atom is -0.382 e. The van der Waals surface area contributed by atoms with Crippen molar-refractivity contribution in [2.45, 2.75) is 25.7 Å². The fraction of sp³-hybridized carbons (Fsp3) is 0.211. The summed E-state index contributed by atoms with van der Waals surface area (Å²) in [6.45, 7) is 0. The first-order valence-electron chi connectivity index (χ1n) is 8.19. The summed E-state index contributed by atoms with van der Waals surface area (Å²) in [6.07, 6.45) is 7.32. The molecular weight excluding hydrogens is 298 g/mol. The maximum Gasteiger partial charge on any atom is 0.149 e. The third-order valence-electron chi connectivity index (χ3n) is 4.63. The van der Waals surface area contributed by atoms with E-state index in [-0.39, 0.29) is 0 Å². The van der Waals surface area contributed by atoms with Gasteiger partial charge in [0.2, 0.25) is 0 Å². The number of hydrogen-bond donors (Lipinski definition) is 3. The van der Waals surface area contributed by atoms with Gasteiger partial charge in [0.1, 0.15) is 12.2 Å². The number of fused-ring (bicyclic) bond motifs is 2.